The van der Waals surface area contributed by atoms with E-state index in [1.54, 1.807) is 28.6 Å². The molecule has 0 radical (unpaired) electrons. The van der Waals surface area contributed by atoms with Crippen molar-refractivity contribution in [3.05, 3.63) is 89.2 Å². The molecule has 1 amide bonds. The van der Waals surface area contributed by atoms with E-state index >= 15 is 0 Å². The van der Waals surface area contributed by atoms with E-state index in [9.17, 15) is 4.79 Å². The number of fused-ring (bicyclic) bond motifs is 1. The Morgan fingerprint density at radius 2 is 1.96 bits per heavy atom. The van der Waals surface area contributed by atoms with E-state index in [1.807, 2.05) is 49.4 Å². The topological polar surface area (TPSA) is 46.1 Å². The Kier molecular flexibility index (Phi) is 5.17. The molecule has 0 atom stereocenters. The van der Waals surface area contributed by atoms with Gasteiger partial charge in [0.2, 0.25) is 0 Å². The van der Waals surface area contributed by atoms with Crippen LogP contribution in [0.4, 0.5) is 5.13 Å². The molecule has 5 heteroatoms. The number of benzene rings is 2. The predicted octanol–water partition coefficient (Wildman–Crippen LogP) is 5.41. The molecule has 0 fully saturated rings. The highest BCUT2D eigenvalue weighted by molar-refractivity contribution is 7.22. The highest BCUT2D eigenvalue weighted by Crippen LogP contribution is 2.31. The normalized spacial score (nSPS) is 10.9. The zero-order valence-electron chi connectivity index (χ0n) is 15.9. The first-order valence-electron chi connectivity index (χ1n) is 9.31. The van der Waals surface area contributed by atoms with Gasteiger partial charge in [0.15, 0.2) is 5.13 Å². The lowest BCUT2D eigenvalue weighted by molar-refractivity contribution is 0.0985. The first kappa shape index (κ1) is 18.3. The molecule has 2 aromatic heterocycles. The highest BCUT2D eigenvalue weighted by Gasteiger charge is 2.22. The summed E-state index contributed by atoms with van der Waals surface area (Å²) in [5.74, 6) is -0.0534. The van der Waals surface area contributed by atoms with Crippen molar-refractivity contribution in [2.24, 2.45) is 0 Å². The van der Waals surface area contributed by atoms with E-state index in [1.165, 1.54) is 5.56 Å². The summed E-state index contributed by atoms with van der Waals surface area (Å²) in [6.07, 6.45) is 4.50. The van der Waals surface area contributed by atoms with Crippen molar-refractivity contribution in [2.45, 2.75) is 26.8 Å². The number of aryl methyl sites for hydroxylation is 2. The Labute approximate surface area is 168 Å². The number of hydrogen-bond donors (Lipinski definition) is 0. The molecule has 0 unspecified atom stereocenters. The van der Waals surface area contributed by atoms with Crippen LogP contribution in [0.1, 0.15) is 34.0 Å². The van der Waals surface area contributed by atoms with Gasteiger partial charge in [-0.25, -0.2) is 4.98 Å². The fraction of sp³-hybridized carbons (Fsp3) is 0.174. The second kappa shape index (κ2) is 7.90. The van der Waals surface area contributed by atoms with Gasteiger partial charge < -0.3 is 0 Å². The van der Waals surface area contributed by atoms with Crippen LogP contribution in [0.25, 0.3) is 10.2 Å². The summed E-state index contributed by atoms with van der Waals surface area (Å²) in [5.41, 5.74) is 4.88. The average Bonchev–Trinajstić information content (AvgIpc) is 3.15. The van der Waals surface area contributed by atoms with Crippen LogP contribution >= 0.6 is 11.3 Å². The van der Waals surface area contributed by atoms with E-state index in [0.717, 1.165) is 27.8 Å². The monoisotopic (exact) mass is 387 g/mol. The summed E-state index contributed by atoms with van der Waals surface area (Å²) >= 11 is 1.55. The molecule has 0 spiro atoms. The minimum Gasteiger partial charge on any atom is -0.279 e. The lowest BCUT2D eigenvalue weighted by Gasteiger charge is -2.20. The van der Waals surface area contributed by atoms with Gasteiger partial charge in [0, 0.05) is 18.0 Å². The van der Waals surface area contributed by atoms with Crippen LogP contribution in [0.15, 0.2) is 67.0 Å². The number of anilines is 1. The molecule has 0 aliphatic heterocycles. The Bertz CT molecular complexity index is 1120. The Hall–Kier alpha value is -3.05. The molecular weight excluding hydrogens is 366 g/mol. The first-order chi connectivity index (χ1) is 13.6. The standard InChI is InChI=1S/C23H21N3OS/c1-3-17-9-10-20-21(13-17)28-23(25-20)26(15-18-7-5-11-24-14-18)22(27)19-8-4-6-16(2)12-19/h4-14H,3,15H2,1-2H3. The van der Waals surface area contributed by atoms with Gasteiger partial charge in [0.05, 0.1) is 16.8 Å². The molecule has 4 rings (SSSR count). The van der Waals surface area contributed by atoms with Crippen LogP contribution in [-0.4, -0.2) is 15.9 Å². The third-order valence-corrected chi connectivity index (χ3v) is 5.70. The molecule has 0 aliphatic carbocycles. The van der Waals surface area contributed by atoms with Gasteiger partial charge in [-0.2, -0.15) is 0 Å². The summed E-state index contributed by atoms with van der Waals surface area (Å²) < 4.78 is 1.10. The first-order valence-corrected chi connectivity index (χ1v) is 10.1. The Morgan fingerprint density at radius 1 is 1.07 bits per heavy atom. The van der Waals surface area contributed by atoms with E-state index < -0.39 is 0 Å². The van der Waals surface area contributed by atoms with Gasteiger partial charge in [-0.3, -0.25) is 14.7 Å². The van der Waals surface area contributed by atoms with Crippen LogP contribution in [-0.2, 0) is 13.0 Å². The zero-order chi connectivity index (χ0) is 19.5. The molecule has 0 bridgehead atoms. The van der Waals surface area contributed by atoms with Crippen molar-refractivity contribution in [3.63, 3.8) is 0 Å². The van der Waals surface area contributed by atoms with E-state index in [4.69, 9.17) is 4.98 Å². The maximum atomic E-state index is 13.4. The van der Waals surface area contributed by atoms with Gasteiger partial charge in [-0.05, 0) is 54.8 Å². The van der Waals surface area contributed by atoms with Crippen molar-refractivity contribution >= 4 is 32.6 Å². The summed E-state index contributed by atoms with van der Waals surface area (Å²) in [6.45, 7) is 4.56. The predicted molar refractivity (Wildman–Crippen MR) is 115 cm³/mol. The van der Waals surface area contributed by atoms with Crippen LogP contribution in [0.2, 0.25) is 0 Å². The molecule has 28 heavy (non-hydrogen) atoms. The smallest absolute Gasteiger partial charge is 0.260 e. The molecule has 0 saturated heterocycles. The van der Waals surface area contributed by atoms with Gasteiger partial charge in [-0.15, -0.1) is 0 Å². The van der Waals surface area contributed by atoms with Crippen molar-refractivity contribution < 1.29 is 4.79 Å². The second-order valence-electron chi connectivity index (χ2n) is 6.77. The van der Waals surface area contributed by atoms with E-state index in [0.29, 0.717) is 17.2 Å². The Morgan fingerprint density at radius 3 is 2.71 bits per heavy atom. The summed E-state index contributed by atoms with van der Waals surface area (Å²) in [5, 5.41) is 0.707. The highest BCUT2D eigenvalue weighted by atomic mass is 32.1. The minimum atomic E-state index is -0.0534. The van der Waals surface area contributed by atoms with Crippen molar-refractivity contribution in [2.75, 3.05) is 4.90 Å². The number of amides is 1. The van der Waals surface area contributed by atoms with Gasteiger partial charge in [-0.1, -0.05) is 48.1 Å². The fourth-order valence-corrected chi connectivity index (χ4v) is 4.15. The van der Waals surface area contributed by atoms with Crippen LogP contribution < -0.4 is 4.90 Å². The number of hydrogen-bond acceptors (Lipinski definition) is 4. The number of carbonyl (C=O) groups excluding carboxylic acids is 1. The van der Waals surface area contributed by atoms with Crippen LogP contribution in [0.5, 0.6) is 0 Å². The molecule has 0 N–H and O–H groups in total. The quantitative estimate of drug-likeness (QED) is 0.460. The summed E-state index contributed by atoms with van der Waals surface area (Å²) in [4.78, 5) is 24.1. The second-order valence-corrected chi connectivity index (χ2v) is 7.78. The lowest BCUT2D eigenvalue weighted by Crippen LogP contribution is -2.30. The zero-order valence-corrected chi connectivity index (χ0v) is 16.7. The van der Waals surface area contributed by atoms with E-state index in [2.05, 4.69) is 24.0 Å². The van der Waals surface area contributed by atoms with Crippen molar-refractivity contribution in [3.8, 4) is 0 Å². The summed E-state index contributed by atoms with van der Waals surface area (Å²) in [7, 11) is 0. The number of carbonyl (C=O) groups is 1. The molecule has 4 nitrogen and oxygen atoms in total. The number of thiazole rings is 1. The maximum Gasteiger partial charge on any atom is 0.260 e. The Balaban J connectivity index is 1.77. The maximum absolute atomic E-state index is 13.4. The van der Waals surface area contributed by atoms with Crippen molar-refractivity contribution in [1.29, 1.82) is 0 Å². The molecule has 0 saturated carbocycles. The number of aromatic nitrogens is 2. The molecule has 2 aromatic carbocycles. The third-order valence-electron chi connectivity index (χ3n) is 4.65. The molecule has 0 aliphatic rings. The van der Waals surface area contributed by atoms with Gasteiger partial charge >= 0.3 is 0 Å². The minimum absolute atomic E-state index is 0.0534. The van der Waals surface area contributed by atoms with Crippen LogP contribution in [0.3, 0.4) is 0 Å². The average molecular weight is 388 g/mol. The largest absolute Gasteiger partial charge is 0.279 e. The number of rotatable bonds is 5. The SMILES string of the molecule is CCc1ccc2nc(N(Cc3cccnc3)C(=O)c3cccc(C)c3)sc2c1. The summed E-state index contributed by atoms with van der Waals surface area (Å²) in [6, 6.07) is 17.8. The molecule has 4 aromatic rings. The van der Waals surface area contributed by atoms with Crippen molar-refractivity contribution in [1.82, 2.24) is 9.97 Å². The molecule has 2 heterocycles. The third kappa shape index (κ3) is 3.80. The van der Waals surface area contributed by atoms with Gasteiger partial charge in [0.1, 0.15) is 0 Å². The lowest BCUT2D eigenvalue weighted by atomic mass is 10.1. The van der Waals surface area contributed by atoms with Crippen LogP contribution in [0, 0.1) is 6.92 Å². The number of nitrogens with zero attached hydrogens (tertiary/aromatic N) is 3. The number of pyridine rings is 1. The van der Waals surface area contributed by atoms with E-state index in [-0.39, 0.29) is 5.91 Å². The van der Waals surface area contributed by atoms with Gasteiger partial charge in [0.25, 0.3) is 5.91 Å². The fourth-order valence-electron chi connectivity index (χ4n) is 3.13. The molecule has 140 valence electrons. The molecular formula is C23H21N3OS.